The van der Waals surface area contributed by atoms with Gasteiger partial charge in [-0.3, -0.25) is 9.89 Å². The van der Waals surface area contributed by atoms with E-state index in [0.29, 0.717) is 5.95 Å². The summed E-state index contributed by atoms with van der Waals surface area (Å²) in [6, 6.07) is 8.60. The molecule has 7 heteroatoms. The lowest BCUT2D eigenvalue weighted by atomic mass is 10.1. The quantitative estimate of drug-likeness (QED) is 0.664. The number of primary amides is 1. The van der Waals surface area contributed by atoms with E-state index >= 15 is 0 Å². The lowest BCUT2D eigenvalue weighted by molar-refractivity contribution is -0.121. The summed E-state index contributed by atoms with van der Waals surface area (Å²) in [5, 5.41) is 6.57. The Morgan fingerprint density at radius 2 is 2.16 bits per heavy atom. The standard InChI is InChI=1S/C18H22N6O/c1-2-11-3-7-14(8-4-11)24-17-15(23-24)10-20-18(22-17)21-13-6-5-12(9-13)16(19)25/h3-4,7-8,10,12-13,23H,2,5-6,9H2,1H3,(H2,19,25)(H,20,21,22). The Morgan fingerprint density at radius 1 is 1.36 bits per heavy atom. The number of hydrogen-bond donors (Lipinski definition) is 3. The Labute approximate surface area is 145 Å². The number of aromatic nitrogens is 4. The molecule has 4 N–H and O–H groups in total. The van der Waals surface area contributed by atoms with Crippen LogP contribution in [0.5, 0.6) is 0 Å². The fourth-order valence-corrected chi connectivity index (χ4v) is 3.43. The van der Waals surface area contributed by atoms with Gasteiger partial charge in [-0.05, 0) is 43.4 Å². The molecule has 1 aliphatic carbocycles. The summed E-state index contributed by atoms with van der Waals surface area (Å²) in [5.41, 5.74) is 9.51. The van der Waals surface area contributed by atoms with E-state index in [0.717, 1.165) is 42.5 Å². The number of fused-ring (bicyclic) bond motifs is 1. The first-order valence-electron chi connectivity index (χ1n) is 8.72. The molecule has 2 heterocycles. The van der Waals surface area contributed by atoms with Crippen LogP contribution in [0.4, 0.5) is 5.95 Å². The van der Waals surface area contributed by atoms with Gasteiger partial charge in [0.25, 0.3) is 0 Å². The minimum absolute atomic E-state index is 0.0422. The molecule has 1 aromatic carbocycles. The summed E-state index contributed by atoms with van der Waals surface area (Å²) in [6.45, 7) is 2.14. The number of amides is 1. The normalized spacial score (nSPS) is 20.2. The molecule has 25 heavy (non-hydrogen) atoms. The third kappa shape index (κ3) is 2.97. The van der Waals surface area contributed by atoms with E-state index < -0.39 is 0 Å². The largest absolute Gasteiger partial charge is 0.369 e. The summed E-state index contributed by atoms with van der Waals surface area (Å²) >= 11 is 0. The maximum atomic E-state index is 11.3. The van der Waals surface area contributed by atoms with E-state index in [1.54, 1.807) is 6.20 Å². The highest BCUT2D eigenvalue weighted by Crippen LogP contribution is 2.27. The Balaban J connectivity index is 1.53. The smallest absolute Gasteiger partial charge is 0.225 e. The number of nitrogens with one attached hydrogen (secondary N) is 2. The molecule has 0 saturated heterocycles. The summed E-state index contributed by atoms with van der Waals surface area (Å²) in [6.07, 6.45) is 5.29. The molecule has 1 saturated carbocycles. The highest BCUT2D eigenvalue weighted by atomic mass is 16.1. The summed E-state index contributed by atoms with van der Waals surface area (Å²) in [5.74, 6) is 0.332. The van der Waals surface area contributed by atoms with Gasteiger partial charge in [-0.1, -0.05) is 19.1 Å². The predicted octanol–water partition coefficient (Wildman–Crippen LogP) is 2.38. The molecule has 7 nitrogen and oxygen atoms in total. The Morgan fingerprint density at radius 3 is 2.84 bits per heavy atom. The van der Waals surface area contributed by atoms with Crippen LogP contribution in [0.2, 0.25) is 0 Å². The van der Waals surface area contributed by atoms with E-state index in [2.05, 4.69) is 51.6 Å². The van der Waals surface area contributed by atoms with Crippen LogP contribution in [0, 0.1) is 5.92 Å². The third-order valence-electron chi connectivity index (χ3n) is 4.98. The first-order valence-corrected chi connectivity index (χ1v) is 8.72. The second-order valence-corrected chi connectivity index (χ2v) is 6.65. The molecule has 3 aromatic rings. The first-order chi connectivity index (χ1) is 12.1. The van der Waals surface area contributed by atoms with Crippen LogP contribution < -0.4 is 11.1 Å². The van der Waals surface area contributed by atoms with Gasteiger partial charge < -0.3 is 11.1 Å². The molecule has 4 rings (SSSR count). The van der Waals surface area contributed by atoms with Gasteiger partial charge in [-0.2, -0.15) is 4.98 Å². The van der Waals surface area contributed by atoms with Crippen LogP contribution in [0.15, 0.2) is 30.5 Å². The molecule has 2 atom stereocenters. The predicted molar refractivity (Wildman–Crippen MR) is 96.5 cm³/mol. The van der Waals surface area contributed by atoms with Gasteiger partial charge in [0.05, 0.1) is 11.9 Å². The molecular weight excluding hydrogens is 316 g/mol. The molecule has 0 bridgehead atoms. The third-order valence-corrected chi connectivity index (χ3v) is 4.98. The number of carbonyl (C=O) groups is 1. The number of carbonyl (C=O) groups excluding carboxylic acids is 1. The monoisotopic (exact) mass is 338 g/mol. The number of H-pyrrole nitrogens is 1. The van der Waals surface area contributed by atoms with Crippen molar-refractivity contribution in [2.24, 2.45) is 11.7 Å². The average molecular weight is 338 g/mol. The maximum absolute atomic E-state index is 11.3. The molecule has 2 aromatic heterocycles. The Hall–Kier alpha value is -2.83. The molecule has 130 valence electrons. The lowest BCUT2D eigenvalue weighted by Gasteiger charge is -2.18. The molecule has 1 aliphatic rings. The number of aryl methyl sites for hydroxylation is 1. The number of benzene rings is 1. The summed E-state index contributed by atoms with van der Waals surface area (Å²) < 4.78 is 1.95. The van der Waals surface area contributed by atoms with Crippen LogP contribution in [0.25, 0.3) is 16.9 Å². The van der Waals surface area contributed by atoms with Gasteiger partial charge in [0.1, 0.15) is 5.52 Å². The molecule has 0 aliphatic heterocycles. The molecule has 1 amide bonds. The van der Waals surface area contributed by atoms with Crippen molar-refractivity contribution >= 4 is 23.0 Å². The first kappa shape index (κ1) is 15.7. The van der Waals surface area contributed by atoms with Gasteiger partial charge in [0, 0.05) is 12.0 Å². The van der Waals surface area contributed by atoms with Crippen molar-refractivity contribution in [3.05, 3.63) is 36.0 Å². The maximum Gasteiger partial charge on any atom is 0.225 e. The van der Waals surface area contributed by atoms with Gasteiger partial charge in [0.2, 0.25) is 11.9 Å². The van der Waals surface area contributed by atoms with Crippen molar-refractivity contribution in [3.63, 3.8) is 0 Å². The van der Waals surface area contributed by atoms with Crippen LogP contribution in [-0.2, 0) is 11.2 Å². The lowest BCUT2D eigenvalue weighted by Crippen LogP contribution is -2.24. The molecule has 0 radical (unpaired) electrons. The number of anilines is 1. The van der Waals surface area contributed by atoms with Crippen molar-refractivity contribution in [1.82, 2.24) is 19.7 Å². The van der Waals surface area contributed by atoms with Gasteiger partial charge >= 0.3 is 0 Å². The van der Waals surface area contributed by atoms with Gasteiger partial charge in [-0.25, -0.2) is 9.67 Å². The SMILES string of the molecule is CCc1ccc(-n2[nH]c3cnc(NC4CCC(C(N)=O)C4)nc32)cc1. The van der Waals surface area contributed by atoms with Crippen molar-refractivity contribution in [1.29, 1.82) is 0 Å². The van der Waals surface area contributed by atoms with Crippen LogP contribution >= 0.6 is 0 Å². The fraction of sp³-hybridized carbons (Fsp3) is 0.389. The number of nitrogens with two attached hydrogens (primary N) is 1. The summed E-state index contributed by atoms with van der Waals surface area (Å²) in [4.78, 5) is 20.3. The minimum Gasteiger partial charge on any atom is -0.369 e. The fourth-order valence-electron chi connectivity index (χ4n) is 3.43. The summed E-state index contributed by atoms with van der Waals surface area (Å²) in [7, 11) is 0. The van der Waals surface area contributed by atoms with Crippen molar-refractivity contribution in [2.45, 2.75) is 38.6 Å². The number of hydrogen-bond acceptors (Lipinski definition) is 4. The number of rotatable bonds is 5. The van der Waals surface area contributed by atoms with E-state index in [1.165, 1.54) is 5.56 Å². The molecular formula is C18H22N6O. The second-order valence-electron chi connectivity index (χ2n) is 6.65. The van der Waals surface area contributed by atoms with Crippen LogP contribution in [-0.4, -0.2) is 31.7 Å². The van der Waals surface area contributed by atoms with Crippen molar-refractivity contribution in [3.8, 4) is 5.69 Å². The van der Waals surface area contributed by atoms with E-state index in [4.69, 9.17) is 5.73 Å². The van der Waals surface area contributed by atoms with E-state index in [9.17, 15) is 4.79 Å². The van der Waals surface area contributed by atoms with Gasteiger partial charge in [-0.15, -0.1) is 0 Å². The zero-order valence-electron chi connectivity index (χ0n) is 14.2. The molecule has 1 fully saturated rings. The zero-order valence-corrected chi connectivity index (χ0v) is 14.2. The molecule has 2 unspecified atom stereocenters. The van der Waals surface area contributed by atoms with Crippen molar-refractivity contribution < 1.29 is 4.79 Å². The Kier molecular flexibility index (Phi) is 3.91. The minimum atomic E-state index is -0.215. The zero-order chi connectivity index (χ0) is 17.4. The topological polar surface area (TPSA) is 102 Å². The molecule has 0 spiro atoms. The average Bonchev–Trinajstić information content (AvgIpc) is 3.07. The number of nitrogens with zero attached hydrogens (tertiary/aromatic N) is 3. The van der Waals surface area contributed by atoms with E-state index in [1.807, 2.05) is 4.68 Å². The Bertz CT molecular complexity index is 894. The van der Waals surface area contributed by atoms with Crippen LogP contribution in [0.3, 0.4) is 0 Å². The van der Waals surface area contributed by atoms with Gasteiger partial charge in [0.15, 0.2) is 5.65 Å². The van der Waals surface area contributed by atoms with Crippen LogP contribution in [0.1, 0.15) is 31.7 Å². The van der Waals surface area contributed by atoms with Crippen molar-refractivity contribution in [2.75, 3.05) is 5.32 Å². The highest BCUT2D eigenvalue weighted by Gasteiger charge is 2.28. The highest BCUT2D eigenvalue weighted by molar-refractivity contribution is 5.77. The number of aromatic amines is 1. The van der Waals surface area contributed by atoms with E-state index in [-0.39, 0.29) is 17.9 Å². The second kappa shape index (κ2) is 6.23.